The van der Waals surface area contributed by atoms with Crippen LogP contribution in [0.15, 0.2) is 18.3 Å². The van der Waals surface area contributed by atoms with Crippen molar-refractivity contribution in [3.63, 3.8) is 0 Å². The van der Waals surface area contributed by atoms with Gasteiger partial charge in [0.1, 0.15) is 5.69 Å². The fraction of sp³-hybridized carbons (Fsp3) is 0.333. The Bertz CT molecular complexity index is 557. The predicted octanol–water partition coefficient (Wildman–Crippen LogP) is -0.0787. The van der Waals surface area contributed by atoms with Crippen molar-refractivity contribution in [3.8, 4) is 0 Å². The zero-order valence-electron chi connectivity index (χ0n) is 9.83. The molecule has 7 heteroatoms. The zero-order valence-corrected chi connectivity index (χ0v) is 9.83. The van der Waals surface area contributed by atoms with E-state index in [4.69, 9.17) is 4.74 Å². The first-order valence-corrected chi connectivity index (χ1v) is 5.73. The summed E-state index contributed by atoms with van der Waals surface area (Å²) in [6.07, 6.45) is 1.49. The van der Waals surface area contributed by atoms with E-state index in [9.17, 15) is 19.5 Å². The van der Waals surface area contributed by atoms with Crippen LogP contribution in [0.25, 0.3) is 0 Å². The lowest BCUT2D eigenvalue weighted by Crippen LogP contribution is -2.57. The van der Waals surface area contributed by atoms with E-state index in [-0.39, 0.29) is 30.9 Å². The molecule has 2 aliphatic heterocycles. The van der Waals surface area contributed by atoms with Gasteiger partial charge in [-0.05, 0) is 12.1 Å². The summed E-state index contributed by atoms with van der Waals surface area (Å²) < 4.78 is 5.08. The molecule has 1 atom stereocenters. The van der Waals surface area contributed by atoms with Crippen molar-refractivity contribution in [1.29, 1.82) is 0 Å². The van der Waals surface area contributed by atoms with Crippen LogP contribution in [0.3, 0.4) is 0 Å². The molecule has 1 N–H and O–H groups in total. The fourth-order valence-electron chi connectivity index (χ4n) is 2.45. The smallest absolute Gasteiger partial charge is 0.332 e. The van der Waals surface area contributed by atoms with E-state index in [1.54, 1.807) is 0 Å². The second kappa shape index (κ2) is 3.86. The van der Waals surface area contributed by atoms with Gasteiger partial charge in [0.2, 0.25) is 0 Å². The summed E-state index contributed by atoms with van der Waals surface area (Å²) in [4.78, 5) is 40.6. The number of rotatable bonds is 2. The number of amides is 2. The number of hydrogen-bond acceptors (Lipinski definition) is 5. The van der Waals surface area contributed by atoms with Crippen LogP contribution in [0.5, 0.6) is 0 Å². The van der Waals surface area contributed by atoms with E-state index >= 15 is 0 Å². The molecule has 1 fully saturated rings. The Morgan fingerprint density at radius 3 is 2.79 bits per heavy atom. The topological polar surface area (TPSA) is 96.8 Å². The standard InChI is InChI=1S/C12H10N2O5/c15-9-7-2-1-4-13-8(7)10(16)14(9)12(11(17)18)3-5-19-6-12/h1-2,4H,3,5-6H2,(H,17,18). The summed E-state index contributed by atoms with van der Waals surface area (Å²) in [7, 11) is 0. The van der Waals surface area contributed by atoms with E-state index in [1.165, 1.54) is 18.3 Å². The highest BCUT2D eigenvalue weighted by molar-refractivity contribution is 6.22. The van der Waals surface area contributed by atoms with Crippen molar-refractivity contribution in [1.82, 2.24) is 9.88 Å². The van der Waals surface area contributed by atoms with Gasteiger partial charge >= 0.3 is 5.97 Å². The fourth-order valence-corrected chi connectivity index (χ4v) is 2.45. The maximum absolute atomic E-state index is 12.3. The number of aromatic nitrogens is 1. The number of nitrogens with zero attached hydrogens (tertiary/aromatic N) is 2. The minimum absolute atomic E-state index is 0.0000231. The monoisotopic (exact) mass is 262 g/mol. The minimum Gasteiger partial charge on any atom is -0.479 e. The molecule has 1 aromatic rings. The van der Waals surface area contributed by atoms with Gasteiger partial charge in [-0.25, -0.2) is 4.79 Å². The molecule has 1 aromatic heterocycles. The normalized spacial score (nSPS) is 25.8. The lowest BCUT2D eigenvalue weighted by Gasteiger charge is -2.31. The number of fused-ring (bicyclic) bond motifs is 1. The lowest BCUT2D eigenvalue weighted by atomic mass is 9.96. The van der Waals surface area contributed by atoms with Crippen molar-refractivity contribution in [2.75, 3.05) is 13.2 Å². The highest BCUT2D eigenvalue weighted by Crippen LogP contribution is 2.34. The van der Waals surface area contributed by atoms with Crippen LogP contribution in [0, 0.1) is 0 Å². The van der Waals surface area contributed by atoms with Crippen molar-refractivity contribution in [2.24, 2.45) is 0 Å². The van der Waals surface area contributed by atoms with Crippen molar-refractivity contribution in [3.05, 3.63) is 29.6 Å². The highest BCUT2D eigenvalue weighted by atomic mass is 16.5. The molecule has 2 amide bonds. The average molecular weight is 262 g/mol. The summed E-state index contributed by atoms with van der Waals surface area (Å²) in [5.74, 6) is -2.53. The summed E-state index contributed by atoms with van der Waals surface area (Å²) >= 11 is 0. The maximum Gasteiger partial charge on any atom is 0.332 e. The van der Waals surface area contributed by atoms with Crippen molar-refractivity contribution in [2.45, 2.75) is 12.0 Å². The number of imide groups is 1. The lowest BCUT2D eigenvalue weighted by molar-refractivity contribution is -0.148. The quantitative estimate of drug-likeness (QED) is 0.749. The van der Waals surface area contributed by atoms with E-state index < -0.39 is 23.3 Å². The summed E-state index contributed by atoms with van der Waals surface area (Å²) in [5, 5.41) is 9.39. The number of carbonyl (C=O) groups is 3. The third kappa shape index (κ3) is 1.42. The highest BCUT2D eigenvalue weighted by Gasteiger charge is 2.56. The van der Waals surface area contributed by atoms with Gasteiger partial charge in [0, 0.05) is 19.2 Å². The molecule has 98 valence electrons. The molecule has 19 heavy (non-hydrogen) atoms. The second-order valence-corrected chi connectivity index (χ2v) is 4.48. The first kappa shape index (κ1) is 11.8. The minimum atomic E-state index is -1.62. The number of carboxylic acids is 1. The molecule has 1 unspecified atom stereocenters. The van der Waals surface area contributed by atoms with E-state index in [0.717, 1.165) is 4.90 Å². The molecular weight excluding hydrogens is 252 g/mol. The Balaban J connectivity index is 2.11. The summed E-state index contributed by atoms with van der Waals surface area (Å²) in [6.45, 7) is 0.0148. The molecular formula is C12H10N2O5. The third-order valence-corrected chi connectivity index (χ3v) is 3.47. The molecule has 1 saturated heterocycles. The number of aliphatic carboxylic acids is 1. The van der Waals surface area contributed by atoms with Crippen molar-refractivity contribution < 1.29 is 24.2 Å². The molecule has 7 nitrogen and oxygen atoms in total. The van der Waals surface area contributed by atoms with Crippen LogP contribution < -0.4 is 0 Å². The average Bonchev–Trinajstić information content (AvgIpc) is 2.97. The Kier molecular flexibility index (Phi) is 2.39. The molecule has 0 radical (unpaired) electrons. The van der Waals surface area contributed by atoms with Gasteiger partial charge in [0.15, 0.2) is 5.54 Å². The van der Waals surface area contributed by atoms with Gasteiger partial charge in [-0.2, -0.15) is 0 Å². The first-order chi connectivity index (χ1) is 9.08. The van der Waals surface area contributed by atoms with Gasteiger partial charge in [0.05, 0.1) is 12.2 Å². The SMILES string of the molecule is O=C1c2cccnc2C(=O)N1C1(C(=O)O)CCOC1. The van der Waals surface area contributed by atoms with Crippen LogP contribution in [0.4, 0.5) is 0 Å². The Morgan fingerprint density at radius 1 is 1.42 bits per heavy atom. The largest absolute Gasteiger partial charge is 0.479 e. The Labute approximate surface area is 107 Å². The summed E-state index contributed by atoms with van der Waals surface area (Å²) in [6, 6.07) is 3.00. The van der Waals surface area contributed by atoms with Crippen LogP contribution in [0.1, 0.15) is 27.3 Å². The van der Waals surface area contributed by atoms with E-state index in [0.29, 0.717) is 0 Å². The molecule has 0 aromatic carbocycles. The number of hydrogen-bond donors (Lipinski definition) is 1. The molecule has 0 saturated carbocycles. The third-order valence-electron chi connectivity index (χ3n) is 3.47. The second-order valence-electron chi connectivity index (χ2n) is 4.48. The predicted molar refractivity (Wildman–Crippen MR) is 60.5 cm³/mol. The van der Waals surface area contributed by atoms with Crippen LogP contribution in [0.2, 0.25) is 0 Å². The Morgan fingerprint density at radius 2 is 2.21 bits per heavy atom. The molecule has 0 spiro atoms. The number of ether oxygens (including phenoxy) is 1. The molecule has 2 aliphatic rings. The molecule has 0 bridgehead atoms. The van der Waals surface area contributed by atoms with Crippen LogP contribution >= 0.6 is 0 Å². The first-order valence-electron chi connectivity index (χ1n) is 5.73. The van der Waals surface area contributed by atoms with E-state index in [1.807, 2.05) is 0 Å². The molecule has 3 heterocycles. The molecule has 3 rings (SSSR count). The Hall–Kier alpha value is -2.28. The van der Waals surface area contributed by atoms with Gasteiger partial charge in [-0.3, -0.25) is 19.5 Å². The van der Waals surface area contributed by atoms with Crippen molar-refractivity contribution >= 4 is 17.8 Å². The van der Waals surface area contributed by atoms with Gasteiger partial charge < -0.3 is 9.84 Å². The van der Waals surface area contributed by atoms with Gasteiger partial charge in [0.25, 0.3) is 11.8 Å². The van der Waals surface area contributed by atoms with E-state index in [2.05, 4.69) is 4.98 Å². The van der Waals surface area contributed by atoms with Crippen LogP contribution in [-0.4, -0.2) is 51.5 Å². The number of pyridine rings is 1. The van der Waals surface area contributed by atoms with Crippen LogP contribution in [-0.2, 0) is 9.53 Å². The number of carbonyl (C=O) groups excluding carboxylic acids is 2. The molecule has 0 aliphatic carbocycles. The summed E-state index contributed by atoms with van der Waals surface area (Å²) in [5.41, 5.74) is -1.48. The van der Waals surface area contributed by atoms with Gasteiger partial charge in [-0.1, -0.05) is 0 Å². The maximum atomic E-state index is 12.3. The zero-order chi connectivity index (χ0) is 13.6. The van der Waals surface area contributed by atoms with Gasteiger partial charge in [-0.15, -0.1) is 0 Å². The number of carboxylic acid groups (broad SMARTS) is 1.